The number of likely N-dealkylation sites (N-methyl/N-ethyl adjacent to an activating group) is 2. The molecule has 22 heteroatoms. The maximum Gasteiger partial charge on any atom is 0.318 e. The Morgan fingerprint density at radius 1 is 0.584 bits per heavy atom. The zero-order valence-corrected chi connectivity index (χ0v) is 56.7. The number of nitrogens with zero attached hydrogens (tertiary/aromatic N) is 13. The number of rotatable bonds is 14. The van der Waals surface area contributed by atoms with Crippen LogP contribution in [0, 0.1) is 32.9 Å². The van der Waals surface area contributed by atoms with Gasteiger partial charge in [-0.1, -0.05) is 73.8 Å². The van der Waals surface area contributed by atoms with Crippen LogP contribution in [0.15, 0.2) is 98.1 Å². The molecule has 0 N–H and O–H groups in total. The number of benzene rings is 4. The Kier molecular flexibility index (Phi) is 27.0. The van der Waals surface area contributed by atoms with E-state index in [1.54, 1.807) is 4.90 Å². The highest BCUT2D eigenvalue weighted by atomic mass is 35.5. The van der Waals surface area contributed by atoms with Crippen LogP contribution in [0.5, 0.6) is 12.0 Å². The van der Waals surface area contributed by atoms with Gasteiger partial charge in [0.2, 0.25) is 24.2 Å². The molecule has 4 fully saturated rings. The fourth-order valence-corrected chi connectivity index (χ4v) is 13.4. The number of amides is 1. The first-order chi connectivity index (χ1) is 41.3. The number of piperazine rings is 1. The van der Waals surface area contributed by atoms with E-state index in [0.717, 1.165) is 119 Å². The largest absolute Gasteiger partial charge is 0.462 e. The van der Waals surface area contributed by atoms with Gasteiger partial charge < -0.3 is 53.5 Å². The van der Waals surface area contributed by atoms with Crippen LogP contribution in [0.3, 0.4) is 0 Å². The molecule has 0 aliphatic carbocycles. The number of allylic oxidation sites excluding steroid dienone is 1. The molecule has 6 aromatic rings. The van der Waals surface area contributed by atoms with Gasteiger partial charge in [0, 0.05) is 97.1 Å². The van der Waals surface area contributed by atoms with E-state index in [-0.39, 0.29) is 72.5 Å². The molecule has 89 heavy (non-hydrogen) atoms. The van der Waals surface area contributed by atoms with Crippen LogP contribution in [0.2, 0.25) is 0 Å². The molecule has 0 bridgehead atoms. The third-order valence-electron chi connectivity index (χ3n) is 17.9. The van der Waals surface area contributed by atoms with Gasteiger partial charge in [0.05, 0.1) is 24.5 Å². The van der Waals surface area contributed by atoms with Gasteiger partial charge in [0.25, 0.3) is 0 Å². The van der Waals surface area contributed by atoms with Crippen LogP contribution < -0.4 is 29.1 Å². The standard InChI is InChI=1S/C33H39N7O2.C31H38N6O.C3H3ClO.4H2S/c1-5-30(41)40-18-17-39(20-26(40)19-34-3)32-27-14-16-38(29-13-7-11-24-10-6-9-23(2)31(24)29)21-28(27)35-33(36-32)42-22-25-12-8-15-37(25)4;1-22-8-4-10-24-11-5-13-28(29(22)24)36-17-14-26-27(20-36)33-31(38-21-25-12-7-15-35(25)3)34-30(26)37-16-6-9-23(19-37)18-32-2;1-2-3(4)5;;;;/h5-7,9-11,13,25-26H,1,8,12,14-22H2,2,4H3;4-5,8,10-11,13,23,25H,6-7,9,12,14-21H2,1,3H3;2H,1H2;4*1H2/t25-,26-;23-,25-;;;;;/m00...../s1. The lowest BCUT2D eigenvalue weighted by Gasteiger charge is -2.41. The van der Waals surface area contributed by atoms with E-state index in [4.69, 9.17) is 54.2 Å². The summed E-state index contributed by atoms with van der Waals surface area (Å²) in [4.78, 5) is 65.4. The second kappa shape index (κ2) is 33.6. The topological polar surface area (TPSA) is 136 Å². The molecule has 12 rings (SSSR count). The van der Waals surface area contributed by atoms with Crippen LogP contribution in [-0.2, 0) is 35.5 Å². The lowest BCUT2D eigenvalue weighted by Crippen LogP contribution is -2.56. The molecule has 6 aliphatic rings. The molecular formula is C67H88ClN13O4S4. The molecule has 17 nitrogen and oxygen atoms in total. The Morgan fingerprint density at radius 2 is 1.04 bits per heavy atom. The Hall–Kier alpha value is -6.43. The molecule has 6 aliphatic heterocycles. The maximum absolute atomic E-state index is 12.5. The number of fused-ring (bicyclic) bond motifs is 4. The maximum atomic E-state index is 12.5. The number of piperidine rings is 1. The van der Waals surface area contributed by atoms with Gasteiger partial charge in [-0.25, -0.2) is 13.1 Å². The predicted molar refractivity (Wildman–Crippen MR) is 382 cm³/mol. The molecule has 2 aromatic heterocycles. The minimum atomic E-state index is -0.509. The summed E-state index contributed by atoms with van der Waals surface area (Å²) >= 11 is 4.71. The van der Waals surface area contributed by atoms with Crippen LogP contribution >= 0.6 is 65.6 Å². The number of carbonyl (C=O) groups excluding carboxylic acids is 2. The van der Waals surface area contributed by atoms with Crippen molar-refractivity contribution in [2.24, 2.45) is 5.92 Å². The molecule has 0 saturated carbocycles. The van der Waals surface area contributed by atoms with E-state index in [0.29, 0.717) is 76.0 Å². The summed E-state index contributed by atoms with van der Waals surface area (Å²) in [5, 5.41) is 4.62. The first-order valence-corrected chi connectivity index (χ1v) is 30.6. The highest BCUT2D eigenvalue weighted by Gasteiger charge is 2.36. The molecule has 8 heterocycles. The van der Waals surface area contributed by atoms with Crippen LogP contribution in [0.4, 0.5) is 23.0 Å². The van der Waals surface area contributed by atoms with E-state index in [1.165, 1.54) is 68.5 Å². The van der Waals surface area contributed by atoms with Gasteiger partial charge in [-0.2, -0.15) is 73.9 Å². The van der Waals surface area contributed by atoms with Crippen molar-refractivity contribution in [3.8, 4) is 12.0 Å². The number of hydrogen-bond donors (Lipinski definition) is 0. The van der Waals surface area contributed by atoms with E-state index in [9.17, 15) is 9.59 Å². The minimum absolute atomic E-state index is 0. The van der Waals surface area contributed by atoms with E-state index >= 15 is 0 Å². The van der Waals surface area contributed by atoms with Gasteiger partial charge >= 0.3 is 12.0 Å². The fraction of sp³-hybridized carbons (Fsp3) is 0.463. The molecule has 4 atom stereocenters. The summed E-state index contributed by atoms with van der Waals surface area (Å²) in [6.45, 7) is 37.0. The van der Waals surface area contributed by atoms with Crippen molar-refractivity contribution in [2.75, 3.05) is 119 Å². The summed E-state index contributed by atoms with van der Waals surface area (Å²) in [5.41, 5.74) is 9.52. The van der Waals surface area contributed by atoms with Gasteiger partial charge in [-0.05, 0) is 150 Å². The zero-order chi connectivity index (χ0) is 59.6. The van der Waals surface area contributed by atoms with E-state index < -0.39 is 5.24 Å². The SMILES string of the molecule is C=CC(=O)Cl.S.S.S.S.[C-]#[N+]C[C@@H]1CCCN(c2nc(OC[C@@H]3CCCN3C)nc3c2CCN(c2cccc4cccc(C)c24)C3)C1.[C-]#[N+]C[C@H]1CN(c2nc(OC[C@@H]3CCCN3C)nc3c2CCN(c2cccc4cccc(C)c24)C3)CCN1C(=O)C=C. The third kappa shape index (κ3) is 16.9. The number of hydrogen-bond acceptors (Lipinski definition) is 14. The van der Waals surface area contributed by atoms with E-state index in [2.05, 4.69) is 153 Å². The molecule has 1 amide bonds. The zero-order valence-electron chi connectivity index (χ0n) is 51.9. The number of carbonyl (C=O) groups is 2. The first-order valence-electron chi connectivity index (χ1n) is 30.2. The normalized spacial score (nSPS) is 19.6. The lowest BCUT2D eigenvalue weighted by molar-refractivity contribution is -0.128. The van der Waals surface area contributed by atoms with Crippen LogP contribution in [0.25, 0.3) is 31.2 Å². The Labute approximate surface area is 559 Å². The van der Waals surface area contributed by atoms with Crippen molar-refractivity contribution in [1.29, 1.82) is 0 Å². The number of anilines is 4. The van der Waals surface area contributed by atoms with Crippen LogP contribution in [-0.4, -0.2) is 163 Å². The predicted octanol–water partition coefficient (Wildman–Crippen LogP) is 10.6. The van der Waals surface area contributed by atoms with Crippen molar-refractivity contribution >= 4 is 121 Å². The summed E-state index contributed by atoms with van der Waals surface area (Å²) in [5.74, 6) is 2.19. The quantitative estimate of drug-likeness (QED) is 0.0581. The van der Waals surface area contributed by atoms with Crippen LogP contribution in [0.1, 0.15) is 72.2 Å². The highest BCUT2D eigenvalue weighted by Crippen LogP contribution is 2.39. The molecule has 0 spiro atoms. The van der Waals surface area contributed by atoms with Gasteiger partial charge in [-0.15, -0.1) is 0 Å². The van der Waals surface area contributed by atoms with Crippen molar-refractivity contribution in [2.45, 2.75) is 96.4 Å². The lowest BCUT2D eigenvalue weighted by atomic mass is 9.96. The fourth-order valence-electron chi connectivity index (χ4n) is 13.4. The summed E-state index contributed by atoms with van der Waals surface area (Å²) in [6, 6.07) is 27.6. The molecule has 476 valence electrons. The smallest absolute Gasteiger partial charge is 0.318 e. The van der Waals surface area contributed by atoms with Crippen molar-refractivity contribution in [3.05, 3.63) is 155 Å². The number of ether oxygens (including phenoxy) is 2. The molecule has 4 aromatic carbocycles. The Morgan fingerprint density at radius 3 is 1.48 bits per heavy atom. The summed E-state index contributed by atoms with van der Waals surface area (Å²) in [7, 11) is 4.32. The monoisotopic (exact) mass is 1300 g/mol. The number of aromatic nitrogens is 4. The molecular weight excluding hydrogens is 1210 g/mol. The second-order valence-electron chi connectivity index (χ2n) is 23.4. The minimum Gasteiger partial charge on any atom is -0.462 e. The number of halogens is 1. The van der Waals surface area contributed by atoms with Gasteiger partial charge in [-0.3, -0.25) is 9.59 Å². The average molecular weight is 1300 g/mol. The highest BCUT2D eigenvalue weighted by molar-refractivity contribution is 7.59. The van der Waals surface area contributed by atoms with E-state index in [1.807, 2.05) is 0 Å². The Balaban J connectivity index is 0.000000254. The van der Waals surface area contributed by atoms with Gasteiger partial charge in [0.15, 0.2) is 0 Å². The average Bonchev–Trinajstić information content (AvgIpc) is 2.53. The number of aryl methyl sites for hydroxylation is 2. The Bertz CT molecular complexity index is 3500. The molecule has 4 saturated heterocycles. The molecule has 0 unspecified atom stereocenters. The van der Waals surface area contributed by atoms with Gasteiger partial charge in [0.1, 0.15) is 30.9 Å². The number of likely N-dealkylation sites (tertiary alicyclic amines) is 2. The molecule has 0 radical (unpaired) electrons. The summed E-state index contributed by atoms with van der Waals surface area (Å²) in [6.07, 6.45) is 11.0. The van der Waals surface area contributed by atoms with Crippen molar-refractivity contribution < 1.29 is 19.1 Å². The van der Waals surface area contributed by atoms with Crippen molar-refractivity contribution in [1.82, 2.24) is 34.6 Å². The third-order valence-corrected chi connectivity index (χ3v) is 18.1. The first kappa shape index (κ1) is 71.6. The summed E-state index contributed by atoms with van der Waals surface area (Å²) < 4.78 is 12.6. The van der Waals surface area contributed by atoms with Crippen molar-refractivity contribution in [3.63, 3.8) is 0 Å². The second-order valence-corrected chi connectivity index (χ2v) is 23.8.